The van der Waals surface area contributed by atoms with Gasteiger partial charge in [-0.05, 0) is 24.6 Å². The Balaban J connectivity index is 0.000000429. The summed E-state index contributed by atoms with van der Waals surface area (Å²) in [5.41, 5.74) is 2.79. The fourth-order valence-electron chi connectivity index (χ4n) is 3.76. The van der Waals surface area contributed by atoms with E-state index in [1.165, 1.54) is 0 Å². The molecule has 2 fully saturated rings. The molecule has 4 rings (SSSR count). The minimum absolute atomic E-state index is 0.00574. The SMILES string of the molecule is Cc1ccn2cc(CNC(=O)CCC(=O)N3CCC4(CC3)OCCO4)nc2c1.O=C(O)C(F)(F)F. The Morgan fingerprint density at radius 3 is 2.40 bits per heavy atom. The second-order valence-corrected chi connectivity index (χ2v) is 8.27. The quantitative estimate of drug-likeness (QED) is 0.644. The van der Waals surface area contributed by atoms with Gasteiger partial charge in [0, 0.05) is 51.2 Å². The summed E-state index contributed by atoms with van der Waals surface area (Å²) in [6, 6.07) is 4.00. The lowest BCUT2D eigenvalue weighted by molar-refractivity contribution is -0.192. The molecule has 0 unspecified atom stereocenters. The Bertz CT molecular complexity index is 1060. The number of carbonyl (C=O) groups is 3. The number of likely N-dealkylation sites (tertiary alicyclic amines) is 1. The van der Waals surface area contributed by atoms with Gasteiger partial charge >= 0.3 is 12.1 Å². The smallest absolute Gasteiger partial charge is 0.475 e. The molecular formula is C22H27F3N4O6. The van der Waals surface area contributed by atoms with Crippen molar-refractivity contribution in [1.29, 1.82) is 0 Å². The molecule has 0 saturated carbocycles. The molecule has 10 nitrogen and oxygen atoms in total. The Morgan fingerprint density at radius 1 is 1.17 bits per heavy atom. The van der Waals surface area contributed by atoms with Crippen LogP contribution < -0.4 is 5.32 Å². The van der Waals surface area contributed by atoms with Crippen molar-refractivity contribution in [2.75, 3.05) is 26.3 Å². The maximum atomic E-state index is 12.4. The van der Waals surface area contributed by atoms with E-state index in [0.717, 1.165) is 16.9 Å². The number of rotatable bonds is 5. The van der Waals surface area contributed by atoms with Crippen molar-refractivity contribution in [3.63, 3.8) is 0 Å². The van der Waals surface area contributed by atoms with E-state index in [-0.39, 0.29) is 24.7 Å². The highest BCUT2D eigenvalue weighted by Gasteiger charge is 2.40. The van der Waals surface area contributed by atoms with E-state index in [1.807, 2.05) is 35.9 Å². The minimum Gasteiger partial charge on any atom is -0.475 e. The van der Waals surface area contributed by atoms with Gasteiger partial charge < -0.3 is 29.2 Å². The summed E-state index contributed by atoms with van der Waals surface area (Å²) < 4.78 is 45.0. The molecule has 2 aromatic heterocycles. The van der Waals surface area contributed by atoms with Crippen LogP contribution >= 0.6 is 0 Å². The van der Waals surface area contributed by atoms with E-state index >= 15 is 0 Å². The number of nitrogens with zero attached hydrogens (tertiary/aromatic N) is 3. The third-order valence-electron chi connectivity index (χ3n) is 5.63. The van der Waals surface area contributed by atoms with Gasteiger partial charge in [0.1, 0.15) is 5.65 Å². The Hall–Kier alpha value is -3.19. The summed E-state index contributed by atoms with van der Waals surface area (Å²) in [7, 11) is 0. The van der Waals surface area contributed by atoms with Gasteiger partial charge in [-0.15, -0.1) is 0 Å². The second kappa shape index (κ2) is 11.0. The number of amides is 2. The topological polar surface area (TPSA) is 122 Å². The first-order valence-corrected chi connectivity index (χ1v) is 11.0. The lowest BCUT2D eigenvalue weighted by atomic mass is 10.0. The summed E-state index contributed by atoms with van der Waals surface area (Å²) >= 11 is 0. The number of fused-ring (bicyclic) bond motifs is 1. The van der Waals surface area contributed by atoms with Crippen LogP contribution in [0.5, 0.6) is 0 Å². The molecule has 2 aromatic rings. The lowest BCUT2D eigenvalue weighted by Gasteiger charge is -2.37. The van der Waals surface area contributed by atoms with E-state index in [0.29, 0.717) is 45.7 Å². The Kier molecular flexibility index (Phi) is 8.33. The molecule has 0 bridgehead atoms. The number of hydrogen-bond donors (Lipinski definition) is 2. The van der Waals surface area contributed by atoms with Gasteiger partial charge in [0.15, 0.2) is 5.79 Å². The van der Waals surface area contributed by atoms with Crippen LogP contribution in [0.25, 0.3) is 5.65 Å². The van der Waals surface area contributed by atoms with Gasteiger partial charge in [-0.3, -0.25) is 9.59 Å². The maximum absolute atomic E-state index is 12.4. The zero-order valence-electron chi connectivity index (χ0n) is 19.1. The van der Waals surface area contributed by atoms with Crippen LogP contribution in [0.3, 0.4) is 0 Å². The first-order chi connectivity index (χ1) is 16.5. The highest BCUT2D eigenvalue weighted by Crippen LogP contribution is 2.31. The van der Waals surface area contributed by atoms with Gasteiger partial charge in [0.05, 0.1) is 25.5 Å². The van der Waals surface area contributed by atoms with Crippen molar-refractivity contribution in [2.24, 2.45) is 0 Å². The first kappa shape index (κ1) is 26.4. The number of piperidine rings is 1. The van der Waals surface area contributed by atoms with E-state index in [4.69, 9.17) is 19.4 Å². The molecule has 2 amide bonds. The number of aryl methyl sites for hydroxylation is 1. The van der Waals surface area contributed by atoms with Crippen molar-refractivity contribution in [3.05, 3.63) is 35.8 Å². The van der Waals surface area contributed by atoms with E-state index < -0.39 is 17.9 Å². The number of hydrogen-bond acceptors (Lipinski definition) is 6. The summed E-state index contributed by atoms with van der Waals surface area (Å²) in [5.74, 6) is -3.38. The largest absolute Gasteiger partial charge is 0.490 e. The third-order valence-corrected chi connectivity index (χ3v) is 5.63. The molecule has 1 spiro atoms. The molecule has 2 N–H and O–H groups in total. The number of aromatic nitrogens is 2. The fourth-order valence-corrected chi connectivity index (χ4v) is 3.76. The molecule has 2 aliphatic heterocycles. The molecular weight excluding hydrogens is 473 g/mol. The number of halogens is 3. The first-order valence-electron chi connectivity index (χ1n) is 11.0. The lowest BCUT2D eigenvalue weighted by Crippen LogP contribution is -2.47. The molecule has 192 valence electrons. The Labute approximate surface area is 199 Å². The molecule has 0 aromatic carbocycles. The zero-order valence-corrected chi connectivity index (χ0v) is 19.1. The van der Waals surface area contributed by atoms with Crippen LogP contribution in [0.15, 0.2) is 24.5 Å². The van der Waals surface area contributed by atoms with Crippen LogP contribution in [-0.2, 0) is 30.4 Å². The summed E-state index contributed by atoms with van der Waals surface area (Å²) in [6.45, 7) is 4.85. The Morgan fingerprint density at radius 2 is 1.80 bits per heavy atom. The average molecular weight is 500 g/mol. The summed E-state index contributed by atoms with van der Waals surface area (Å²) in [6.07, 6.45) is 0.546. The minimum atomic E-state index is -5.08. The maximum Gasteiger partial charge on any atom is 0.490 e. The second-order valence-electron chi connectivity index (χ2n) is 8.27. The van der Waals surface area contributed by atoms with Gasteiger partial charge in [-0.1, -0.05) is 0 Å². The molecule has 2 saturated heterocycles. The van der Waals surface area contributed by atoms with Crippen LogP contribution in [0.4, 0.5) is 13.2 Å². The molecule has 0 aliphatic carbocycles. The zero-order chi connectivity index (χ0) is 25.6. The standard InChI is InChI=1S/C20H26N4O4.C2HF3O2/c1-15-4-7-24-14-16(22-17(24)12-15)13-21-18(25)2-3-19(26)23-8-5-20(6-9-23)27-10-11-28-20;3-2(4,5)1(6)7/h4,7,12,14H,2-3,5-6,8-11,13H2,1H3,(H,21,25);(H,6,7). The molecule has 0 atom stereocenters. The van der Waals surface area contributed by atoms with Gasteiger partial charge in [-0.2, -0.15) is 13.2 Å². The monoisotopic (exact) mass is 500 g/mol. The predicted octanol–water partition coefficient (Wildman–Crippen LogP) is 2.04. The van der Waals surface area contributed by atoms with E-state index in [9.17, 15) is 22.8 Å². The van der Waals surface area contributed by atoms with Crippen molar-refractivity contribution < 1.29 is 42.1 Å². The number of ether oxygens (including phenoxy) is 2. The van der Waals surface area contributed by atoms with E-state index in [1.54, 1.807) is 4.90 Å². The van der Waals surface area contributed by atoms with Crippen molar-refractivity contribution in [1.82, 2.24) is 19.6 Å². The number of carboxylic acid groups (broad SMARTS) is 1. The number of carbonyl (C=O) groups excluding carboxylic acids is 2. The number of pyridine rings is 1. The number of nitrogens with one attached hydrogen (secondary N) is 1. The van der Waals surface area contributed by atoms with Crippen LogP contribution in [0, 0.1) is 6.92 Å². The number of imidazole rings is 1. The normalized spacial score (nSPS) is 17.2. The summed E-state index contributed by atoms with van der Waals surface area (Å²) in [4.78, 5) is 39.7. The van der Waals surface area contributed by atoms with Gasteiger partial charge in [0.2, 0.25) is 11.8 Å². The highest BCUT2D eigenvalue weighted by atomic mass is 19.4. The highest BCUT2D eigenvalue weighted by molar-refractivity contribution is 5.83. The molecule has 13 heteroatoms. The van der Waals surface area contributed by atoms with E-state index in [2.05, 4.69) is 10.3 Å². The average Bonchev–Trinajstić information content (AvgIpc) is 3.42. The van der Waals surface area contributed by atoms with Crippen LogP contribution in [0.1, 0.15) is 36.9 Å². The molecule has 35 heavy (non-hydrogen) atoms. The van der Waals surface area contributed by atoms with Crippen molar-refractivity contribution >= 4 is 23.4 Å². The van der Waals surface area contributed by atoms with Crippen molar-refractivity contribution in [3.8, 4) is 0 Å². The van der Waals surface area contributed by atoms with Crippen LogP contribution in [-0.4, -0.2) is 75.4 Å². The number of alkyl halides is 3. The fraction of sp³-hybridized carbons (Fsp3) is 0.545. The van der Waals surface area contributed by atoms with Gasteiger partial charge in [-0.25, -0.2) is 9.78 Å². The van der Waals surface area contributed by atoms with Gasteiger partial charge in [0.25, 0.3) is 0 Å². The molecule has 4 heterocycles. The predicted molar refractivity (Wildman–Crippen MR) is 115 cm³/mol. The number of aliphatic carboxylic acids is 1. The summed E-state index contributed by atoms with van der Waals surface area (Å²) in [5, 5.41) is 9.97. The third kappa shape index (κ3) is 7.39. The van der Waals surface area contributed by atoms with Crippen LogP contribution in [0.2, 0.25) is 0 Å². The molecule has 2 aliphatic rings. The molecule has 0 radical (unpaired) electrons. The van der Waals surface area contributed by atoms with Crippen molar-refractivity contribution in [2.45, 2.75) is 51.1 Å². The number of carboxylic acids is 1.